The molecule has 1 atom stereocenters. The van der Waals surface area contributed by atoms with Gasteiger partial charge >= 0.3 is 12.2 Å². The van der Waals surface area contributed by atoms with Gasteiger partial charge in [0.05, 0.1) is 0 Å². The topological polar surface area (TPSA) is 99.2 Å². The van der Waals surface area contributed by atoms with Crippen LogP contribution < -0.4 is 5.32 Å². The SMILES string of the molecule is C[C@H](NC(=O)OC(C)(C)C)C(=O)N1CCN(C(=O)O)CC1. The van der Waals surface area contributed by atoms with Gasteiger partial charge in [-0.25, -0.2) is 9.59 Å². The number of hydrogen-bond acceptors (Lipinski definition) is 4. The standard InChI is InChI=1S/C13H23N3O5/c1-9(14-11(18)21-13(2,3)4)10(17)15-5-7-16(8-6-15)12(19)20/h9H,5-8H2,1-4H3,(H,14,18)(H,19,20)/t9-/m0/s1. The molecule has 0 aromatic carbocycles. The second-order valence-corrected chi connectivity index (χ2v) is 5.96. The molecule has 0 aromatic rings. The molecule has 120 valence electrons. The maximum absolute atomic E-state index is 12.2. The van der Waals surface area contributed by atoms with Gasteiger partial charge in [-0.15, -0.1) is 0 Å². The smallest absolute Gasteiger partial charge is 0.408 e. The molecule has 0 aliphatic carbocycles. The summed E-state index contributed by atoms with van der Waals surface area (Å²) in [5.41, 5.74) is -0.625. The van der Waals surface area contributed by atoms with E-state index in [4.69, 9.17) is 9.84 Å². The van der Waals surface area contributed by atoms with E-state index in [9.17, 15) is 14.4 Å². The van der Waals surface area contributed by atoms with Crippen LogP contribution in [-0.2, 0) is 9.53 Å². The predicted molar refractivity (Wildman–Crippen MR) is 75.0 cm³/mol. The van der Waals surface area contributed by atoms with Crippen LogP contribution in [-0.4, -0.2) is 70.8 Å². The monoisotopic (exact) mass is 301 g/mol. The second kappa shape index (κ2) is 6.64. The lowest BCUT2D eigenvalue weighted by Crippen LogP contribution is -2.55. The lowest BCUT2D eigenvalue weighted by Gasteiger charge is -2.34. The third kappa shape index (κ3) is 5.49. The van der Waals surface area contributed by atoms with Crippen LogP contribution in [0.25, 0.3) is 0 Å². The lowest BCUT2D eigenvalue weighted by atomic mass is 10.2. The summed E-state index contributed by atoms with van der Waals surface area (Å²) < 4.78 is 5.09. The summed E-state index contributed by atoms with van der Waals surface area (Å²) >= 11 is 0. The number of carbonyl (C=O) groups excluding carboxylic acids is 2. The minimum absolute atomic E-state index is 0.245. The molecule has 0 aromatic heterocycles. The highest BCUT2D eigenvalue weighted by molar-refractivity contribution is 5.85. The van der Waals surface area contributed by atoms with Crippen LogP contribution in [0, 0.1) is 0 Å². The van der Waals surface area contributed by atoms with Crippen molar-refractivity contribution in [1.82, 2.24) is 15.1 Å². The first-order valence-electron chi connectivity index (χ1n) is 6.86. The average molecular weight is 301 g/mol. The Kier molecular flexibility index (Phi) is 5.40. The van der Waals surface area contributed by atoms with E-state index in [1.165, 1.54) is 4.90 Å². The van der Waals surface area contributed by atoms with Crippen LogP contribution in [0.2, 0.25) is 0 Å². The number of nitrogens with zero attached hydrogens (tertiary/aromatic N) is 2. The zero-order valence-electron chi connectivity index (χ0n) is 12.9. The van der Waals surface area contributed by atoms with Gasteiger partial charge in [0.2, 0.25) is 5.91 Å². The number of nitrogens with one attached hydrogen (secondary N) is 1. The van der Waals surface area contributed by atoms with Gasteiger partial charge in [0, 0.05) is 26.2 Å². The van der Waals surface area contributed by atoms with Gasteiger partial charge in [-0.05, 0) is 27.7 Å². The van der Waals surface area contributed by atoms with E-state index < -0.39 is 23.8 Å². The number of piperazine rings is 1. The summed E-state index contributed by atoms with van der Waals surface area (Å²) in [5.74, 6) is -0.245. The van der Waals surface area contributed by atoms with Gasteiger partial charge in [0.1, 0.15) is 11.6 Å². The van der Waals surface area contributed by atoms with E-state index in [0.29, 0.717) is 13.1 Å². The van der Waals surface area contributed by atoms with Crippen molar-refractivity contribution < 1.29 is 24.2 Å². The third-order valence-corrected chi connectivity index (χ3v) is 2.97. The highest BCUT2D eigenvalue weighted by Gasteiger charge is 2.28. The molecule has 1 aliphatic rings. The quantitative estimate of drug-likeness (QED) is 0.783. The van der Waals surface area contributed by atoms with Crippen LogP contribution >= 0.6 is 0 Å². The highest BCUT2D eigenvalue weighted by atomic mass is 16.6. The average Bonchev–Trinajstić information content (AvgIpc) is 2.35. The zero-order valence-corrected chi connectivity index (χ0v) is 12.9. The first-order valence-corrected chi connectivity index (χ1v) is 6.86. The minimum Gasteiger partial charge on any atom is -0.465 e. The van der Waals surface area contributed by atoms with Crippen molar-refractivity contribution in [3.8, 4) is 0 Å². The van der Waals surface area contributed by atoms with Crippen molar-refractivity contribution >= 4 is 18.1 Å². The molecule has 0 unspecified atom stereocenters. The van der Waals surface area contributed by atoms with E-state index >= 15 is 0 Å². The molecular weight excluding hydrogens is 278 g/mol. The molecule has 1 rings (SSSR count). The molecule has 1 heterocycles. The van der Waals surface area contributed by atoms with E-state index in [1.807, 2.05) is 0 Å². The summed E-state index contributed by atoms with van der Waals surface area (Å²) in [5, 5.41) is 11.3. The number of carboxylic acid groups (broad SMARTS) is 1. The Hall–Kier alpha value is -1.99. The number of amides is 3. The first kappa shape index (κ1) is 17.1. The summed E-state index contributed by atoms with van der Waals surface area (Å²) in [4.78, 5) is 37.4. The molecule has 1 fully saturated rings. The van der Waals surface area contributed by atoms with E-state index in [1.54, 1.807) is 32.6 Å². The highest BCUT2D eigenvalue weighted by Crippen LogP contribution is 2.08. The van der Waals surface area contributed by atoms with Gasteiger partial charge in [-0.3, -0.25) is 4.79 Å². The Morgan fingerprint density at radius 2 is 1.57 bits per heavy atom. The molecule has 8 nitrogen and oxygen atoms in total. The summed E-state index contributed by atoms with van der Waals surface area (Å²) in [7, 11) is 0. The number of hydrogen-bond donors (Lipinski definition) is 2. The fraction of sp³-hybridized carbons (Fsp3) is 0.769. The van der Waals surface area contributed by atoms with Crippen LogP contribution in [0.5, 0.6) is 0 Å². The Morgan fingerprint density at radius 1 is 1.10 bits per heavy atom. The molecule has 1 aliphatic heterocycles. The van der Waals surface area contributed by atoms with Crippen LogP contribution in [0.3, 0.4) is 0 Å². The van der Waals surface area contributed by atoms with Gasteiger partial charge < -0.3 is 25.0 Å². The predicted octanol–water partition coefficient (Wildman–Crippen LogP) is 0.722. The van der Waals surface area contributed by atoms with Gasteiger partial charge in [0.15, 0.2) is 0 Å². The molecule has 2 N–H and O–H groups in total. The van der Waals surface area contributed by atoms with Crippen molar-refractivity contribution in [3.05, 3.63) is 0 Å². The number of ether oxygens (including phenoxy) is 1. The van der Waals surface area contributed by atoms with Crippen molar-refractivity contribution in [1.29, 1.82) is 0 Å². The van der Waals surface area contributed by atoms with Gasteiger partial charge in [-0.2, -0.15) is 0 Å². The second-order valence-electron chi connectivity index (χ2n) is 5.96. The Bertz CT molecular complexity index is 411. The molecule has 21 heavy (non-hydrogen) atoms. The Morgan fingerprint density at radius 3 is 2.00 bits per heavy atom. The molecule has 0 spiro atoms. The molecule has 3 amide bonds. The van der Waals surface area contributed by atoms with Crippen molar-refractivity contribution in [3.63, 3.8) is 0 Å². The molecule has 0 bridgehead atoms. The maximum Gasteiger partial charge on any atom is 0.408 e. The zero-order chi connectivity index (χ0) is 16.2. The molecular formula is C13H23N3O5. The summed E-state index contributed by atoms with van der Waals surface area (Å²) in [6.45, 7) is 8.01. The molecule has 0 saturated carbocycles. The fourth-order valence-corrected chi connectivity index (χ4v) is 1.94. The largest absolute Gasteiger partial charge is 0.465 e. The van der Waals surface area contributed by atoms with E-state index in [2.05, 4.69) is 5.32 Å². The summed E-state index contributed by atoms with van der Waals surface area (Å²) in [6, 6.07) is -0.712. The Balaban J connectivity index is 2.45. The van der Waals surface area contributed by atoms with Crippen molar-refractivity contribution in [2.45, 2.75) is 39.3 Å². The van der Waals surface area contributed by atoms with Crippen LogP contribution in [0.1, 0.15) is 27.7 Å². The molecule has 1 saturated heterocycles. The Labute approximate surface area is 124 Å². The van der Waals surface area contributed by atoms with Crippen molar-refractivity contribution in [2.24, 2.45) is 0 Å². The number of alkyl carbamates (subject to hydrolysis) is 1. The number of carbonyl (C=O) groups is 3. The van der Waals surface area contributed by atoms with E-state index in [-0.39, 0.29) is 19.0 Å². The molecule has 8 heteroatoms. The van der Waals surface area contributed by atoms with Crippen LogP contribution in [0.15, 0.2) is 0 Å². The fourth-order valence-electron chi connectivity index (χ4n) is 1.94. The third-order valence-electron chi connectivity index (χ3n) is 2.97. The van der Waals surface area contributed by atoms with Gasteiger partial charge in [-0.1, -0.05) is 0 Å². The lowest BCUT2D eigenvalue weighted by molar-refractivity contribution is -0.134. The molecule has 0 radical (unpaired) electrons. The maximum atomic E-state index is 12.2. The van der Waals surface area contributed by atoms with Gasteiger partial charge in [0.25, 0.3) is 0 Å². The normalized spacial score (nSPS) is 17.1. The van der Waals surface area contributed by atoms with E-state index in [0.717, 1.165) is 0 Å². The minimum atomic E-state index is -0.984. The first-order chi connectivity index (χ1) is 9.60. The summed E-state index contributed by atoms with van der Waals surface area (Å²) in [6.07, 6.45) is -1.63. The van der Waals surface area contributed by atoms with Crippen molar-refractivity contribution in [2.75, 3.05) is 26.2 Å². The number of rotatable bonds is 2. The van der Waals surface area contributed by atoms with Crippen LogP contribution in [0.4, 0.5) is 9.59 Å².